The summed E-state index contributed by atoms with van der Waals surface area (Å²) >= 11 is 0. The largest absolute Gasteiger partial charge is 0.500 e. The summed E-state index contributed by atoms with van der Waals surface area (Å²) in [5, 5.41) is 47.0. The highest BCUT2D eigenvalue weighted by Crippen LogP contribution is 2.24. The van der Waals surface area contributed by atoms with Gasteiger partial charge in [0.05, 0.1) is 10.1 Å². The molecule has 0 aliphatic rings. The van der Waals surface area contributed by atoms with Gasteiger partial charge in [0.25, 0.3) is 0 Å². The van der Waals surface area contributed by atoms with Gasteiger partial charge >= 0.3 is 22.9 Å². The minimum atomic E-state index is -1.10. The van der Waals surface area contributed by atoms with Crippen LogP contribution in [0.15, 0.2) is 9.26 Å². The van der Waals surface area contributed by atoms with Gasteiger partial charge in [-0.1, -0.05) is 0 Å². The van der Waals surface area contributed by atoms with Gasteiger partial charge in [0, 0.05) is 4.92 Å². The molecule has 0 N–H and O–H groups in total. The molecule has 0 spiro atoms. The predicted molar refractivity (Wildman–Crippen MR) is 41.3 cm³/mol. The molecular formula is C5N6O6. The van der Waals surface area contributed by atoms with Crippen LogP contribution in [0.3, 0.4) is 0 Å². The summed E-state index contributed by atoms with van der Waals surface area (Å²) < 4.78 is 8.05. The summed E-state index contributed by atoms with van der Waals surface area (Å²) in [5.41, 5.74) is -1.89. The van der Waals surface area contributed by atoms with Crippen LogP contribution in [-0.2, 0) is 0 Å². The summed E-state index contributed by atoms with van der Waals surface area (Å²) in [6.45, 7) is 0. The highest BCUT2D eigenvalue weighted by molar-refractivity contribution is 5.63. The van der Waals surface area contributed by atoms with Crippen molar-refractivity contribution in [1.82, 2.24) is 10.3 Å². The van der Waals surface area contributed by atoms with Crippen LogP contribution in [0, 0.1) is 31.9 Å². The maximum absolute atomic E-state index is 10.9. The van der Waals surface area contributed by atoms with Crippen LogP contribution in [0.2, 0.25) is 0 Å². The summed E-state index contributed by atoms with van der Waals surface area (Å²) in [6.07, 6.45) is 0. The van der Waals surface area contributed by atoms with Crippen LogP contribution in [0.1, 0.15) is 5.69 Å². The molecular weight excluding hydrogens is 240 g/mol. The van der Waals surface area contributed by atoms with Crippen LogP contribution < -0.4 is 9.81 Å². The first-order valence-electron chi connectivity index (χ1n) is 3.80. The zero-order chi connectivity index (χ0) is 12.6. The van der Waals surface area contributed by atoms with E-state index in [4.69, 9.17) is 5.26 Å². The van der Waals surface area contributed by atoms with E-state index in [9.17, 15) is 20.5 Å². The van der Waals surface area contributed by atoms with E-state index in [0.29, 0.717) is 0 Å². The second kappa shape index (κ2) is 3.41. The molecule has 86 valence electrons. The molecule has 0 bridgehead atoms. The quantitative estimate of drug-likeness (QED) is 0.339. The molecule has 2 heterocycles. The normalized spacial score (nSPS) is 10.1. The maximum Gasteiger partial charge on any atom is 0.500 e. The van der Waals surface area contributed by atoms with E-state index in [0.717, 1.165) is 0 Å². The number of rotatable bonds is 2. The molecule has 12 heteroatoms. The average molecular weight is 240 g/mol. The van der Waals surface area contributed by atoms with Crippen molar-refractivity contribution >= 4 is 5.82 Å². The first-order valence-corrected chi connectivity index (χ1v) is 3.80. The van der Waals surface area contributed by atoms with Crippen molar-refractivity contribution in [1.29, 1.82) is 5.26 Å². The Balaban J connectivity index is 2.70. The van der Waals surface area contributed by atoms with Crippen LogP contribution in [0.25, 0.3) is 11.4 Å². The molecule has 12 nitrogen and oxygen atoms in total. The number of aromatic nitrogens is 4. The fourth-order valence-corrected chi connectivity index (χ4v) is 1.04. The van der Waals surface area contributed by atoms with Gasteiger partial charge in [-0.05, 0) is 4.90 Å². The fraction of sp³-hybridized carbons (Fsp3) is 0. The Bertz CT molecular complexity index is 636. The van der Waals surface area contributed by atoms with E-state index in [2.05, 4.69) is 19.6 Å². The van der Waals surface area contributed by atoms with Crippen molar-refractivity contribution in [3.05, 3.63) is 26.2 Å². The Kier molecular flexibility index (Phi) is 2.07. The number of nitrogens with zero attached hydrogens (tertiary/aromatic N) is 6. The summed E-state index contributed by atoms with van der Waals surface area (Å²) in [6, 6.07) is 1.40. The molecule has 0 radical (unpaired) electrons. The molecule has 2 rings (SSSR count). The molecule has 2 aromatic rings. The summed E-state index contributed by atoms with van der Waals surface area (Å²) in [5.74, 6) is -1.10. The lowest BCUT2D eigenvalue weighted by molar-refractivity contribution is -0.825. The molecule has 0 atom stereocenters. The van der Waals surface area contributed by atoms with Gasteiger partial charge in [0.2, 0.25) is 0 Å². The molecule has 17 heavy (non-hydrogen) atoms. The SMILES string of the molecule is N#Cc1c(-c2no[n+]([O-])c2[N+](=O)[O-])no[n+]1[O-]. The third-order valence-corrected chi connectivity index (χ3v) is 1.71. The Morgan fingerprint density at radius 3 is 2.41 bits per heavy atom. The molecule has 0 aromatic carbocycles. The molecule has 0 saturated carbocycles. The minimum Gasteiger partial charge on any atom is -0.358 e. The minimum absolute atomic E-state index is 0.275. The van der Waals surface area contributed by atoms with Crippen molar-refractivity contribution in [2.75, 3.05) is 0 Å². The maximum atomic E-state index is 10.9. The number of hydrogen-bond acceptors (Lipinski definition) is 9. The Labute approximate surface area is 90.1 Å². The second-order valence-corrected chi connectivity index (χ2v) is 2.60. The van der Waals surface area contributed by atoms with Gasteiger partial charge in [0.1, 0.15) is 5.16 Å². The highest BCUT2D eigenvalue weighted by Gasteiger charge is 2.41. The van der Waals surface area contributed by atoms with E-state index in [1.165, 1.54) is 6.07 Å². The standard InChI is InChI=1S/C5N6O6/c6-1-2-3(7-16-10(2)14)4-5(9(12)13)11(15)17-8-4. The van der Waals surface area contributed by atoms with Gasteiger partial charge in [-0.2, -0.15) is 9.89 Å². The molecule has 0 saturated heterocycles. The molecule has 0 aliphatic heterocycles. The zero-order valence-corrected chi connectivity index (χ0v) is 7.63. The Morgan fingerprint density at radius 2 is 1.82 bits per heavy atom. The van der Waals surface area contributed by atoms with Crippen LogP contribution >= 0.6 is 0 Å². The van der Waals surface area contributed by atoms with Gasteiger partial charge in [-0.15, -0.1) is 0 Å². The second-order valence-electron chi connectivity index (χ2n) is 2.60. The third-order valence-electron chi connectivity index (χ3n) is 1.71. The van der Waals surface area contributed by atoms with Crippen molar-refractivity contribution in [2.45, 2.75) is 0 Å². The van der Waals surface area contributed by atoms with E-state index >= 15 is 0 Å². The smallest absolute Gasteiger partial charge is 0.358 e. The lowest BCUT2D eigenvalue weighted by atomic mass is 10.2. The van der Waals surface area contributed by atoms with Crippen molar-refractivity contribution < 1.29 is 24.0 Å². The topological polar surface area (TPSA) is 173 Å². The first-order chi connectivity index (χ1) is 8.06. The van der Waals surface area contributed by atoms with Crippen LogP contribution in [-0.4, -0.2) is 15.2 Å². The molecule has 2 aromatic heterocycles. The lowest BCUT2D eigenvalue weighted by Gasteiger charge is -1.85. The number of hydrogen-bond donors (Lipinski definition) is 0. The lowest BCUT2D eigenvalue weighted by Crippen LogP contribution is -2.27. The van der Waals surface area contributed by atoms with E-state index in [1.807, 2.05) is 0 Å². The van der Waals surface area contributed by atoms with E-state index in [1.54, 1.807) is 0 Å². The van der Waals surface area contributed by atoms with Crippen molar-refractivity contribution in [3.8, 4) is 17.5 Å². The van der Waals surface area contributed by atoms with E-state index < -0.39 is 32.7 Å². The average Bonchev–Trinajstić information content (AvgIpc) is 2.81. The number of nitriles is 1. The van der Waals surface area contributed by atoms with Gasteiger partial charge in [-0.3, -0.25) is 4.63 Å². The zero-order valence-electron chi connectivity index (χ0n) is 7.63. The van der Waals surface area contributed by atoms with Gasteiger partial charge < -0.3 is 20.5 Å². The highest BCUT2D eigenvalue weighted by atomic mass is 16.8. The number of nitro groups is 1. The summed E-state index contributed by atoms with van der Waals surface area (Å²) in [7, 11) is 0. The third kappa shape index (κ3) is 1.38. The van der Waals surface area contributed by atoms with Gasteiger partial charge in [-0.25, -0.2) is 0 Å². The van der Waals surface area contributed by atoms with Crippen LogP contribution in [0.5, 0.6) is 0 Å². The van der Waals surface area contributed by atoms with Crippen molar-refractivity contribution in [2.24, 2.45) is 0 Å². The molecule has 0 amide bonds. The fourth-order valence-electron chi connectivity index (χ4n) is 1.04. The molecule has 0 fully saturated rings. The van der Waals surface area contributed by atoms with E-state index in [-0.39, 0.29) is 4.90 Å². The van der Waals surface area contributed by atoms with Crippen molar-refractivity contribution in [3.63, 3.8) is 0 Å². The molecule has 0 aliphatic carbocycles. The Morgan fingerprint density at radius 1 is 1.24 bits per heavy atom. The summed E-state index contributed by atoms with van der Waals surface area (Å²) in [4.78, 5) is 8.69. The Hall–Kier alpha value is -3.23. The predicted octanol–water partition coefficient (Wildman–Crippen LogP) is -1.62. The van der Waals surface area contributed by atoms with Gasteiger partial charge in [0.15, 0.2) is 6.07 Å². The van der Waals surface area contributed by atoms with Crippen LogP contribution in [0.4, 0.5) is 5.82 Å². The first kappa shape index (κ1) is 10.3. The molecule has 0 unspecified atom stereocenters. The monoisotopic (exact) mass is 240 g/mol.